The SMILES string of the molecule is COC(=O)c1ccc2nc(CN3CC=C(c4ccc(F)c(OCc5ccc(C#N)cc5F)n4)CC3)n(C[C@@H]3CCO3)c2c1. The van der Waals surface area contributed by atoms with Crippen LogP contribution in [0.25, 0.3) is 16.6 Å². The Kier molecular flexibility index (Phi) is 8.13. The molecular weight excluding hydrogens is 556 g/mol. The number of halogens is 2. The molecule has 2 aliphatic rings. The lowest BCUT2D eigenvalue weighted by Crippen LogP contribution is -2.33. The van der Waals surface area contributed by atoms with Crippen LogP contribution >= 0.6 is 0 Å². The number of nitrogens with zero attached hydrogens (tertiary/aromatic N) is 5. The molecule has 1 atom stereocenters. The Morgan fingerprint density at radius 3 is 2.70 bits per heavy atom. The highest BCUT2D eigenvalue weighted by atomic mass is 19.1. The van der Waals surface area contributed by atoms with Gasteiger partial charge in [-0.15, -0.1) is 0 Å². The summed E-state index contributed by atoms with van der Waals surface area (Å²) in [5.41, 5.74) is 4.10. The predicted molar refractivity (Wildman–Crippen MR) is 153 cm³/mol. The molecule has 11 heteroatoms. The maximum absolute atomic E-state index is 14.5. The highest BCUT2D eigenvalue weighted by Gasteiger charge is 2.24. The molecule has 1 saturated heterocycles. The Morgan fingerprint density at radius 1 is 1.14 bits per heavy atom. The van der Waals surface area contributed by atoms with Gasteiger partial charge in [0.25, 0.3) is 5.88 Å². The van der Waals surface area contributed by atoms with Gasteiger partial charge in [0, 0.05) is 25.3 Å². The first kappa shape index (κ1) is 28.5. The quantitative estimate of drug-likeness (QED) is 0.252. The Bertz CT molecular complexity index is 1760. The molecule has 4 aromatic rings. The van der Waals surface area contributed by atoms with Crippen LogP contribution in [-0.2, 0) is 29.2 Å². The van der Waals surface area contributed by atoms with E-state index in [2.05, 4.69) is 20.5 Å². The number of fused-ring (bicyclic) bond motifs is 1. The van der Waals surface area contributed by atoms with Crippen LogP contribution in [0.3, 0.4) is 0 Å². The van der Waals surface area contributed by atoms with E-state index in [4.69, 9.17) is 24.5 Å². The minimum absolute atomic E-state index is 0.111. The van der Waals surface area contributed by atoms with Crippen LogP contribution in [0.5, 0.6) is 5.88 Å². The van der Waals surface area contributed by atoms with E-state index in [1.54, 1.807) is 12.1 Å². The molecule has 9 nitrogen and oxygen atoms in total. The summed E-state index contributed by atoms with van der Waals surface area (Å²) in [5, 5.41) is 8.92. The second-order valence-electron chi connectivity index (χ2n) is 10.5. The third kappa shape index (κ3) is 6.11. The van der Waals surface area contributed by atoms with Crippen molar-refractivity contribution in [1.29, 1.82) is 5.26 Å². The number of nitriles is 1. The summed E-state index contributed by atoms with van der Waals surface area (Å²) in [6, 6.07) is 14.2. The minimum Gasteiger partial charge on any atom is -0.471 e. The summed E-state index contributed by atoms with van der Waals surface area (Å²) in [6.45, 7) is 3.15. The van der Waals surface area contributed by atoms with Gasteiger partial charge in [-0.25, -0.2) is 23.5 Å². The van der Waals surface area contributed by atoms with E-state index in [-0.39, 0.29) is 29.7 Å². The molecule has 2 aliphatic heterocycles. The number of hydrogen-bond acceptors (Lipinski definition) is 8. The molecule has 0 saturated carbocycles. The highest BCUT2D eigenvalue weighted by molar-refractivity contribution is 5.93. The lowest BCUT2D eigenvalue weighted by atomic mass is 10.0. The third-order valence-electron chi connectivity index (χ3n) is 7.78. The van der Waals surface area contributed by atoms with Gasteiger partial charge in [0.2, 0.25) is 0 Å². The van der Waals surface area contributed by atoms with Crippen molar-refractivity contribution < 1.29 is 27.8 Å². The van der Waals surface area contributed by atoms with Crippen LogP contribution in [-0.4, -0.2) is 58.3 Å². The number of hydrogen-bond donors (Lipinski definition) is 0. The minimum atomic E-state index is -0.638. The van der Waals surface area contributed by atoms with E-state index in [1.807, 2.05) is 18.2 Å². The van der Waals surface area contributed by atoms with Crippen LogP contribution in [0.15, 0.2) is 54.6 Å². The lowest BCUT2D eigenvalue weighted by Gasteiger charge is -2.29. The molecule has 43 heavy (non-hydrogen) atoms. The van der Waals surface area contributed by atoms with Gasteiger partial charge in [0.1, 0.15) is 18.2 Å². The third-order valence-corrected chi connectivity index (χ3v) is 7.78. The number of ether oxygens (including phenoxy) is 3. The molecule has 0 spiro atoms. The van der Waals surface area contributed by atoms with E-state index in [0.717, 1.165) is 48.1 Å². The molecule has 0 unspecified atom stereocenters. The van der Waals surface area contributed by atoms with Crippen molar-refractivity contribution in [3.05, 3.63) is 94.5 Å². The van der Waals surface area contributed by atoms with Crippen LogP contribution in [0.4, 0.5) is 8.78 Å². The van der Waals surface area contributed by atoms with Gasteiger partial charge in [0.05, 0.1) is 60.2 Å². The molecule has 6 rings (SSSR count). The summed E-state index contributed by atoms with van der Waals surface area (Å²) in [7, 11) is 1.36. The zero-order valence-electron chi connectivity index (χ0n) is 23.6. The van der Waals surface area contributed by atoms with Crippen LogP contribution in [0.2, 0.25) is 0 Å². The van der Waals surface area contributed by atoms with E-state index >= 15 is 0 Å². The maximum atomic E-state index is 14.5. The summed E-state index contributed by atoms with van der Waals surface area (Å²) in [6.07, 6.45) is 3.83. The summed E-state index contributed by atoms with van der Waals surface area (Å²) in [5.74, 6) is -0.948. The number of methoxy groups -OCH3 is 1. The second-order valence-corrected chi connectivity index (χ2v) is 10.5. The van der Waals surface area contributed by atoms with Gasteiger partial charge in [-0.3, -0.25) is 4.90 Å². The number of aromatic nitrogens is 3. The van der Waals surface area contributed by atoms with Crippen LogP contribution in [0, 0.1) is 23.0 Å². The number of rotatable bonds is 9. The van der Waals surface area contributed by atoms with Crippen molar-refractivity contribution in [3.8, 4) is 11.9 Å². The molecule has 0 N–H and O–H groups in total. The fourth-order valence-corrected chi connectivity index (χ4v) is 5.25. The molecule has 2 aromatic heterocycles. The molecule has 0 bridgehead atoms. The lowest BCUT2D eigenvalue weighted by molar-refractivity contribution is -0.0591. The van der Waals surface area contributed by atoms with Gasteiger partial charge < -0.3 is 18.8 Å². The first-order valence-electron chi connectivity index (χ1n) is 14.0. The Balaban J connectivity index is 1.16. The van der Waals surface area contributed by atoms with Crippen molar-refractivity contribution in [2.45, 2.75) is 38.6 Å². The van der Waals surface area contributed by atoms with Gasteiger partial charge >= 0.3 is 5.97 Å². The topological polar surface area (TPSA) is 102 Å². The Labute approximate surface area is 246 Å². The van der Waals surface area contributed by atoms with Gasteiger partial charge in [-0.1, -0.05) is 12.1 Å². The first-order valence-corrected chi connectivity index (χ1v) is 14.0. The van der Waals surface area contributed by atoms with Gasteiger partial charge in [-0.05, 0) is 60.9 Å². The van der Waals surface area contributed by atoms with Crippen LogP contribution < -0.4 is 4.74 Å². The van der Waals surface area contributed by atoms with E-state index in [0.29, 0.717) is 37.3 Å². The fraction of sp³-hybridized carbons (Fsp3) is 0.312. The number of carbonyl (C=O) groups excluding carboxylic acids is 1. The van der Waals surface area contributed by atoms with Crippen molar-refractivity contribution in [1.82, 2.24) is 19.4 Å². The predicted octanol–water partition coefficient (Wildman–Crippen LogP) is 5.02. The second kappa shape index (κ2) is 12.3. The molecule has 2 aromatic carbocycles. The zero-order chi connectivity index (χ0) is 29.9. The molecule has 0 aliphatic carbocycles. The zero-order valence-corrected chi connectivity index (χ0v) is 23.6. The van der Waals surface area contributed by atoms with Crippen LogP contribution in [0.1, 0.15) is 45.8 Å². The Hall–Kier alpha value is -4.66. The summed E-state index contributed by atoms with van der Waals surface area (Å²) in [4.78, 5) is 23.7. The van der Waals surface area contributed by atoms with E-state index in [1.165, 1.54) is 25.3 Å². The molecular formula is C32H29F2N5O4. The molecule has 4 heterocycles. The van der Waals surface area contributed by atoms with E-state index < -0.39 is 17.6 Å². The average Bonchev–Trinajstić information content (AvgIpc) is 3.34. The number of carbonyl (C=O) groups is 1. The van der Waals surface area contributed by atoms with E-state index in [9.17, 15) is 13.6 Å². The Morgan fingerprint density at radius 2 is 2.00 bits per heavy atom. The largest absolute Gasteiger partial charge is 0.471 e. The van der Waals surface area contributed by atoms with Crippen molar-refractivity contribution in [2.75, 3.05) is 26.8 Å². The fourth-order valence-electron chi connectivity index (χ4n) is 5.25. The number of imidazole rings is 1. The normalized spacial score (nSPS) is 16.8. The molecule has 0 radical (unpaired) electrons. The molecule has 0 amide bonds. The van der Waals surface area contributed by atoms with Gasteiger partial charge in [0.15, 0.2) is 5.82 Å². The first-order chi connectivity index (χ1) is 20.9. The number of esters is 1. The molecule has 220 valence electrons. The standard InChI is InChI=1S/C32H29F2N5O4/c1-41-32(40)22-4-6-28-29(15-22)39(17-24-10-13-42-24)30(36-28)18-38-11-8-21(9-12-38)27-7-5-25(33)31(37-27)43-19-23-3-2-20(16-35)14-26(23)34/h2-8,14-15,24H,9-13,17-19H2,1H3/t24-/m0/s1. The smallest absolute Gasteiger partial charge is 0.337 e. The average molecular weight is 586 g/mol. The van der Waals surface area contributed by atoms with Crippen molar-refractivity contribution in [2.24, 2.45) is 0 Å². The number of benzene rings is 2. The van der Waals surface area contributed by atoms with Crippen molar-refractivity contribution >= 4 is 22.6 Å². The highest BCUT2D eigenvalue weighted by Crippen LogP contribution is 2.27. The van der Waals surface area contributed by atoms with Gasteiger partial charge in [-0.2, -0.15) is 5.26 Å². The summed E-state index contributed by atoms with van der Waals surface area (Å²) >= 11 is 0. The number of pyridine rings is 1. The maximum Gasteiger partial charge on any atom is 0.337 e. The summed E-state index contributed by atoms with van der Waals surface area (Å²) < 4.78 is 47.0. The monoisotopic (exact) mass is 585 g/mol. The van der Waals surface area contributed by atoms with Crippen molar-refractivity contribution in [3.63, 3.8) is 0 Å². The molecule has 1 fully saturated rings.